The van der Waals surface area contributed by atoms with Crippen molar-refractivity contribution in [3.05, 3.63) is 71.8 Å². The zero-order valence-electron chi connectivity index (χ0n) is 12.2. The molecule has 3 nitrogen and oxygen atoms in total. The average molecular weight is 284 g/mol. The van der Waals surface area contributed by atoms with Crippen LogP contribution >= 0.6 is 0 Å². The van der Waals surface area contributed by atoms with Gasteiger partial charge in [-0.25, -0.2) is 0 Å². The van der Waals surface area contributed by atoms with E-state index in [1.807, 2.05) is 60.7 Å². The fourth-order valence-electron chi connectivity index (χ4n) is 2.40. The van der Waals surface area contributed by atoms with E-state index < -0.39 is 5.60 Å². The SMILES string of the molecule is CCOC(=O)CC(O)(Cc1ccccc1)c1ccccc1. The van der Waals surface area contributed by atoms with Crippen molar-refractivity contribution in [3.63, 3.8) is 0 Å². The van der Waals surface area contributed by atoms with Gasteiger partial charge >= 0.3 is 5.97 Å². The Bertz CT molecular complexity index is 566. The van der Waals surface area contributed by atoms with Crippen LogP contribution in [0.2, 0.25) is 0 Å². The van der Waals surface area contributed by atoms with Crippen molar-refractivity contribution in [1.29, 1.82) is 0 Å². The molecular weight excluding hydrogens is 264 g/mol. The van der Waals surface area contributed by atoms with E-state index in [0.29, 0.717) is 13.0 Å². The van der Waals surface area contributed by atoms with Crippen LogP contribution in [-0.4, -0.2) is 17.7 Å². The summed E-state index contributed by atoms with van der Waals surface area (Å²) < 4.78 is 5.00. The summed E-state index contributed by atoms with van der Waals surface area (Å²) >= 11 is 0. The molecule has 0 aliphatic heterocycles. The molecule has 110 valence electrons. The summed E-state index contributed by atoms with van der Waals surface area (Å²) in [5, 5.41) is 11.0. The van der Waals surface area contributed by atoms with Gasteiger partial charge in [0.1, 0.15) is 5.60 Å². The molecular formula is C18H20O3. The van der Waals surface area contributed by atoms with Gasteiger partial charge in [-0.3, -0.25) is 4.79 Å². The molecule has 0 amide bonds. The second kappa shape index (κ2) is 7.04. The Labute approximate surface area is 125 Å². The maximum Gasteiger partial charge on any atom is 0.309 e. The fourth-order valence-corrected chi connectivity index (χ4v) is 2.40. The lowest BCUT2D eigenvalue weighted by Gasteiger charge is -2.28. The third-order valence-electron chi connectivity index (χ3n) is 3.39. The van der Waals surface area contributed by atoms with E-state index in [9.17, 15) is 9.90 Å². The molecule has 0 aliphatic rings. The molecule has 0 fully saturated rings. The average Bonchev–Trinajstić information content (AvgIpc) is 2.49. The van der Waals surface area contributed by atoms with Crippen molar-refractivity contribution in [1.82, 2.24) is 0 Å². The van der Waals surface area contributed by atoms with Gasteiger partial charge in [0, 0.05) is 6.42 Å². The molecule has 0 heterocycles. The highest BCUT2D eigenvalue weighted by Gasteiger charge is 2.33. The minimum atomic E-state index is -1.26. The summed E-state index contributed by atoms with van der Waals surface area (Å²) in [7, 11) is 0. The lowest BCUT2D eigenvalue weighted by Crippen LogP contribution is -2.32. The van der Waals surface area contributed by atoms with Gasteiger partial charge in [-0.05, 0) is 18.1 Å². The quantitative estimate of drug-likeness (QED) is 0.829. The minimum Gasteiger partial charge on any atom is -0.466 e. The van der Waals surface area contributed by atoms with Crippen molar-refractivity contribution < 1.29 is 14.6 Å². The molecule has 0 saturated heterocycles. The standard InChI is InChI=1S/C18H20O3/c1-2-21-17(19)14-18(20,16-11-7-4-8-12-16)13-15-9-5-3-6-10-15/h3-12,20H,2,13-14H2,1H3. The molecule has 2 rings (SSSR count). The number of carbonyl (C=O) groups excluding carboxylic acids is 1. The second-order valence-electron chi connectivity index (χ2n) is 5.04. The first-order valence-electron chi connectivity index (χ1n) is 7.11. The van der Waals surface area contributed by atoms with Crippen molar-refractivity contribution in [3.8, 4) is 0 Å². The summed E-state index contributed by atoms with van der Waals surface area (Å²) in [5.74, 6) is -0.389. The summed E-state index contributed by atoms with van der Waals surface area (Å²) in [5.41, 5.74) is 0.449. The Kier molecular flexibility index (Phi) is 5.12. The summed E-state index contributed by atoms with van der Waals surface area (Å²) in [6.45, 7) is 2.08. The number of benzene rings is 2. The van der Waals surface area contributed by atoms with Crippen molar-refractivity contribution >= 4 is 5.97 Å². The number of hydrogen-bond donors (Lipinski definition) is 1. The van der Waals surface area contributed by atoms with Crippen LogP contribution in [0.5, 0.6) is 0 Å². The number of carbonyl (C=O) groups is 1. The van der Waals surface area contributed by atoms with Crippen molar-refractivity contribution in [2.24, 2.45) is 0 Å². The molecule has 1 N–H and O–H groups in total. The Morgan fingerprint density at radius 2 is 1.62 bits per heavy atom. The number of ether oxygens (including phenoxy) is 1. The Morgan fingerprint density at radius 1 is 1.05 bits per heavy atom. The van der Waals surface area contributed by atoms with Crippen LogP contribution in [0.3, 0.4) is 0 Å². The predicted octanol–water partition coefficient (Wildman–Crippen LogP) is 3.07. The maximum atomic E-state index is 11.8. The maximum absolute atomic E-state index is 11.8. The first kappa shape index (κ1) is 15.3. The third kappa shape index (κ3) is 4.17. The van der Waals surface area contributed by atoms with Crippen LogP contribution in [0, 0.1) is 0 Å². The molecule has 0 saturated carbocycles. The van der Waals surface area contributed by atoms with Crippen molar-refractivity contribution in [2.75, 3.05) is 6.61 Å². The number of rotatable bonds is 6. The number of esters is 1. The second-order valence-corrected chi connectivity index (χ2v) is 5.04. The molecule has 0 aliphatic carbocycles. The van der Waals surface area contributed by atoms with Crippen LogP contribution < -0.4 is 0 Å². The third-order valence-corrected chi connectivity index (χ3v) is 3.39. The molecule has 0 aromatic heterocycles. The first-order valence-corrected chi connectivity index (χ1v) is 7.11. The monoisotopic (exact) mass is 284 g/mol. The van der Waals surface area contributed by atoms with E-state index >= 15 is 0 Å². The van der Waals surface area contributed by atoms with E-state index in [1.165, 1.54) is 0 Å². The lowest BCUT2D eigenvalue weighted by atomic mass is 9.84. The fraction of sp³-hybridized carbons (Fsp3) is 0.278. The Morgan fingerprint density at radius 3 is 2.19 bits per heavy atom. The lowest BCUT2D eigenvalue weighted by molar-refractivity contribution is -0.149. The van der Waals surface area contributed by atoms with Gasteiger partial charge in [0.15, 0.2) is 0 Å². The molecule has 3 heteroatoms. The Hall–Kier alpha value is -2.13. The van der Waals surface area contributed by atoms with Crippen LogP contribution in [0.15, 0.2) is 60.7 Å². The highest BCUT2D eigenvalue weighted by molar-refractivity contribution is 5.71. The Balaban J connectivity index is 2.27. The molecule has 1 unspecified atom stereocenters. The normalized spacial score (nSPS) is 13.4. The van der Waals surface area contributed by atoms with E-state index in [0.717, 1.165) is 11.1 Å². The predicted molar refractivity (Wildman–Crippen MR) is 81.7 cm³/mol. The van der Waals surface area contributed by atoms with Gasteiger partial charge in [0.25, 0.3) is 0 Å². The smallest absolute Gasteiger partial charge is 0.309 e. The van der Waals surface area contributed by atoms with Crippen molar-refractivity contribution in [2.45, 2.75) is 25.4 Å². The first-order chi connectivity index (χ1) is 10.1. The van der Waals surface area contributed by atoms with E-state index in [4.69, 9.17) is 4.74 Å². The number of aliphatic hydroxyl groups is 1. The largest absolute Gasteiger partial charge is 0.466 e. The molecule has 1 atom stereocenters. The van der Waals surface area contributed by atoms with E-state index in [2.05, 4.69) is 0 Å². The van der Waals surface area contributed by atoms with Gasteiger partial charge in [-0.1, -0.05) is 60.7 Å². The van der Waals surface area contributed by atoms with Gasteiger partial charge in [-0.15, -0.1) is 0 Å². The van der Waals surface area contributed by atoms with Crippen LogP contribution in [0.4, 0.5) is 0 Å². The van der Waals surface area contributed by atoms with E-state index in [-0.39, 0.29) is 12.4 Å². The minimum absolute atomic E-state index is 0.0558. The molecule has 0 radical (unpaired) electrons. The molecule has 2 aromatic carbocycles. The number of hydrogen-bond acceptors (Lipinski definition) is 3. The van der Waals surface area contributed by atoms with Gasteiger partial charge in [0.05, 0.1) is 13.0 Å². The van der Waals surface area contributed by atoms with Crippen LogP contribution in [-0.2, 0) is 21.6 Å². The summed E-state index contributed by atoms with van der Waals surface area (Å²) in [6.07, 6.45) is 0.316. The highest BCUT2D eigenvalue weighted by Crippen LogP contribution is 2.29. The topological polar surface area (TPSA) is 46.5 Å². The van der Waals surface area contributed by atoms with Gasteiger partial charge in [0.2, 0.25) is 0 Å². The van der Waals surface area contributed by atoms with Gasteiger partial charge < -0.3 is 9.84 Å². The molecule has 0 spiro atoms. The molecule has 2 aromatic rings. The van der Waals surface area contributed by atoms with Crippen LogP contribution in [0.25, 0.3) is 0 Å². The van der Waals surface area contributed by atoms with Gasteiger partial charge in [-0.2, -0.15) is 0 Å². The zero-order valence-corrected chi connectivity index (χ0v) is 12.2. The zero-order chi connectivity index (χ0) is 15.1. The summed E-state index contributed by atoms with van der Waals surface area (Å²) in [4.78, 5) is 11.8. The van der Waals surface area contributed by atoms with E-state index in [1.54, 1.807) is 6.92 Å². The summed E-state index contributed by atoms with van der Waals surface area (Å²) in [6, 6.07) is 18.9. The molecule has 21 heavy (non-hydrogen) atoms. The van der Waals surface area contributed by atoms with Crippen LogP contribution in [0.1, 0.15) is 24.5 Å². The molecule has 0 bridgehead atoms. The highest BCUT2D eigenvalue weighted by atomic mass is 16.5.